The van der Waals surface area contributed by atoms with Gasteiger partial charge in [-0.05, 0) is 18.8 Å². The zero-order chi connectivity index (χ0) is 20.9. The standard InChI is InChI=1S/C24H46O4/c1-4-7-8-9-10-11-12-13-14-15-16-20-27-23(25)18-17-19-24(26)28-21-22(5-2)6-3/h22H,4-21H2,1-3H3. The van der Waals surface area contributed by atoms with Crippen LogP contribution in [0.5, 0.6) is 0 Å². The number of esters is 2. The molecule has 0 heterocycles. The number of rotatable bonds is 20. The summed E-state index contributed by atoms with van der Waals surface area (Å²) < 4.78 is 10.5. The quantitative estimate of drug-likeness (QED) is 0.164. The van der Waals surface area contributed by atoms with Crippen LogP contribution < -0.4 is 0 Å². The van der Waals surface area contributed by atoms with Gasteiger partial charge in [0.15, 0.2) is 0 Å². The molecule has 0 aliphatic heterocycles. The third-order valence-corrected chi connectivity index (χ3v) is 5.41. The van der Waals surface area contributed by atoms with Gasteiger partial charge < -0.3 is 9.47 Å². The van der Waals surface area contributed by atoms with Crippen LogP contribution in [-0.4, -0.2) is 25.2 Å². The van der Waals surface area contributed by atoms with Crippen molar-refractivity contribution in [2.24, 2.45) is 5.92 Å². The zero-order valence-corrected chi connectivity index (χ0v) is 18.9. The fourth-order valence-electron chi connectivity index (χ4n) is 3.21. The van der Waals surface area contributed by atoms with E-state index in [9.17, 15) is 9.59 Å². The lowest BCUT2D eigenvalue weighted by molar-refractivity contribution is -0.146. The fourth-order valence-corrected chi connectivity index (χ4v) is 3.21. The molecule has 0 N–H and O–H groups in total. The summed E-state index contributed by atoms with van der Waals surface area (Å²) >= 11 is 0. The van der Waals surface area contributed by atoms with Gasteiger partial charge in [-0.1, -0.05) is 97.8 Å². The monoisotopic (exact) mass is 398 g/mol. The zero-order valence-electron chi connectivity index (χ0n) is 18.9. The second-order valence-electron chi connectivity index (χ2n) is 7.98. The molecule has 166 valence electrons. The molecule has 0 aliphatic carbocycles. The Morgan fingerprint density at radius 1 is 0.607 bits per heavy atom. The predicted octanol–water partition coefficient (Wildman–Crippen LogP) is 6.99. The van der Waals surface area contributed by atoms with Crippen molar-refractivity contribution < 1.29 is 19.1 Å². The molecule has 0 bridgehead atoms. The fraction of sp³-hybridized carbons (Fsp3) is 0.917. The molecule has 0 aromatic rings. The maximum absolute atomic E-state index is 11.7. The normalized spacial score (nSPS) is 11.0. The summed E-state index contributed by atoms with van der Waals surface area (Å²) in [6, 6.07) is 0. The van der Waals surface area contributed by atoms with Crippen LogP contribution in [0.2, 0.25) is 0 Å². The van der Waals surface area contributed by atoms with Gasteiger partial charge in [0, 0.05) is 12.8 Å². The van der Waals surface area contributed by atoms with Gasteiger partial charge in [0.2, 0.25) is 0 Å². The molecule has 0 saturated carbocycles. The predicted molar refractivity (Wildman–Crippen MR) is 116 cm³/mol. The Morgan fingerprint density at radius 3 is 1.57 bits per heavy atom. The molecule has 0 saturated heterocycles. The number of carbonyl (C=O) groups is 2. The smallest absolute Gasteiger partial charge is 0.305 e. The summed E-state index contributed by atoms with van der Waals surface area (Å²) in [7, 11) is 0. The van der Waals surface area contributed by atoms with E-state index in [-0.39, 0.29) is 11.9 Å². The molecular formula is C24H46O4. The van der Waals surface area contributed by atoms with Crippen molar-refractivity contribution in [2.75, 3.05) is 13.2 Å². The summed E-state index contributed by atoms with van der Waals surface area (Å²) in [6.45, 7) is 7.47. The SMILES string of the molecule is CCCCCCCCCCCCCOC(=O)CCCC(=O)OCC(CC)CC. The number of hydrogen-bond acceptors (Lipinski definition) is 4. The van der Waals surface area contributed by atoms with Crippen LogP contribution in [0.15, 0.2) is 0 Å². The maximum atomic E-state index is 11.7. The Kier molecular flexibility index (Phi) is 19.9. The molecule has 4 nitrogen and oxygen atoms in total. The van der Waals surface area contributed by atoms with Crippen molar-refractivity contribution in [1.29, 1.82) is 0 Å². The minimum Gasteiger partial charge on any atom is -0.466 e. The molecule has 0 fully saturated rings. The number of hydrogen-bond donors (Lipinski definition) is 0. The second kappa shape index (κ2) is 20.7. The first kappa shape index (κ1) is 26.9. The van der Waals surface area contributed by atoms with E-state index < -0.39 is 0 Å². The highest BCUT2D eigenvalue weighted by molar-refractivity contribution is 5.72. The van der Waals surface area contributed by atoms with Crippen molar-refractivity contribution in [3.8, 4) is 0 Å². The summed E-state index contributed by atoms with van der Waals surface area (Å²) in [5, 5.41) is 0. The number of unbranched alkanes of at least 4 members (excludes halogenated alkanes) is 10. The highest BCUT2D eigenvalue weighted by atomic mass is 16.5. The Morgan fingerprint density at radius 2 is 1.07 bits per heavy atom. The molecule has 0 unspecified atom stereocenters. The molecule has 0 spiro atoms. The van der Waals surface area contributed by atoms with Crippen molar-refractivity contribution in [3.63, 3.8) is 0 Å². The topological polar surface area (TPSA) is 52.6 Å². The van der Waals surface area contributed by atoms with E-state index >= 15 is 0 Å². The van der Waals surface area contributed by atoms with Gasteiger partial charge in [-0.3, -0.25) is 9.59 Å². The van der Waals surface area contributed by atoms with Crippen molar-refractivity contribution >= 4 is 11.9 Å². The summed E-state index contributed by atoms with van der Waals surface area (Å²) in [4.78, 5) is 23.4. The molecular weight excluding hydrogens is 352 g/mol. The minimum atomic E-state index is -0.204. The van der Waals surface area contributed by atoms with Gasteiger partial charge >= 0.3 is 11.9 Å². The van der Waals surface area contributed by atoms with Gasteiger partial charge in [-0.25, -0.2) is 0 Å². The van der Waals surface area contributed by atoms with E-state index in [1.165, 1.54) is 57.8 Å². The number of ether oxygens (including phenoxy) is 2. The van der Waals surface area contributed by atoms with E-state index in [4.69, 9.17) is 9.47 Å². The van der Waals surface area contributed by atoms with Gasteiger partial charge in [0.25, 0.3) is 0 Å². The summed E-state index contributed by atoms with van der Waals surface area (Å²) in [6.07, 6.45) is 17.3. The van der Waals surface area contributed by atoms with Crippen LogP contribution in [0.1, 0.15) is 124 Å². The lowest BCUT2D eigenvalue weighted by Gasteiger charge is -2.12. The lowest BCUT2D eigenvalue weighted by atomic mass is 10.1. The van der Waals surface area contributed by atoms with Gasteiger partial charge in [0.05, 0.1) is 13.2 Å². The first-order valence-corrected chi connectivity index (χ1v) is 11.9. The van der Waals surface area contributed by atoms with Crippen LogP contribution in [0.4, 0.5) is 0 Å². The third kappa shape index (κ3) is 18.3. The molecule has 28 heavy (non-hydrogen) atoms. The first-order chi connectivity index (χ1) is 13.6. The molecule has 0 aliphatic rings. The summed E-state index contributed by atoms with van der Waals surface area (Å²) in [5.41, 5.74) is 0. The second-order valence-corrected chi connectivity index (χ2v) is 7.98. The highest BCUT2D eigenvalue weighted by Gasteiger charge is 2.10. The molecule has 0 atom stereocenters. The van der Waals surface area contributed by atoms with Crippen LogP contribution in [0.25, 0.3) is 0 Å². The minimum absolute atomic E-state index is 0.195. The maximum Gasteiger partial charge on any atom is 0.305 e. The molecule has 0 rings (SSSR count). The molecule has 0 radical (unpaired) electrons. The van der Waals surface area contributed by atoms with E-state index in [2.05, 4.69) is 20.8 Å². The third-order valence-electron chi connectivity index (χ3n) is 5.41. The van der Waals surface area contributed by atoms with Crippen LogP contribution >= 0.6 is 0 Å². The van der Waals surface area contributed by atoms with Crippen LogP contribution in [-0.2, 0) is 19.1 Å². The van der Waals surface area contributed by atoms with Gasteiger partial charge in [-0.2, -0.15) is 0 Å². The molecule has 4 heteroatoms. The number of carbonyl (C=O) groups excluding carboxylic acids is 2. The largest absolute Gasteiger partial charge is 0.466 e. The van der Waals surface area contributed by atoms with Crippen molar-refractivity contribution in [2.45, 2.75) is 124 Å². The molecule has 0 aromatic heterocycles. The van der Waals surface area contributed by atoms with E-state index in [1.54, 1.807) is 0 Å². The van der Waals surface area contributed by atoms with Crippen molar-refractivity contribution in [3.05, 3.63) is 0 Å². The Labute approximate surface area is 174 Å². The van der Waals surface area contributed by atoms with E-state index in [0.29, 0.717) is 38.4 Å². The highest BCUT2D eigenvalue weighted by Crippen LogP contribution is 2.12. The van der Waals surface area contributed by atoms with Crippen molar-refractivity contribution in [1.82, 2.24) is 0 Å². The van der Waals surface area contributed by atoms with Gasteiger partial charge in [0.1, 0.15) is 0 Å². The average Bonchev–Trinajstić information content (AvgIpc) is 2.69. The Bertz CT molecular complexity index is 364. The first-order valence-electron chi connectivity index (χ1n) is 11.9. The van der Waals surface area contributed by atoms with Gasteiger partial charge in [-0.15, -0.1) is 0 Å². The molecule has 0 amide bonds. The van der Waals surface area contributed by atoms with E-state index in [0.717, 1.165) is 25.7 Å². The van der Waals surface area contributed by atoms with E-state index in [1.807, 2.05) is 0 Å². The van der Waals surface area contributed by atoms with Crippen LogP contribution in [0.3, 0.4) is 0 Å². The average molecular weight is 399 g/mol. The van der Waals surface area contributed by atoms with Crippen LogP contribution in [0, 0.1) is 5.92 Å². The Hall–Kier alpha value is -1.06. The summed E-state index contributed by atoms with van der Waals surface area (Å²) in [5.74, 6) is 0.0460. The Balaban J connectivity index is 3.36. The lowest BCUT2D eigenvalue weighted by Crippen LogP contribution is -2.13. The molecule has 0 aromatic carbocycles.